The van der Waals surface area contributed by atoms with Crippen LogP contribution in [0.5, 0.6) is 0 Å². The lowest BCUT2D eigenvalue weighted by molar-refractivity contribution is -0.141. The molecule has 0 radical (unpaired) electrons. The van der Waals surface area contributed by atoms with E-state index in [9.17, 15) is 24.0 Å². The molecule has 1 saturated heterocycles. The van der Waals surface area contributed by atoms with Crippen molar-refractivity contribution in [3.8, 4) is 0 Å². The number of hydrogen-bond donors (Lipinski definition) is 5. The highest BCUT2D eigenvalue weighted by Gasteiger charge is 2.38. The molecule has 0 aromatic heterocycles. The van der Waals surface area contributed by atoms with Crippen LogP contribution in [0.1, 0.15) is 46.0 Å². The molecule has 0 spiro atoms. The highest BCUT2D eigenvalue weighted by Crippen LogP contribution is 2.21. The van der Waals surface area contributed by atoms with Gasteiger partial charge in [-0.3, -0.25) is 24.0 Å². The van der Waals surface area contributed by atoms with E-state index in [-0.39, 0.29) is 24.7 Å². The lowest BCUT2D eigenvalue weighted by atomic mass is 9.98. The van der Waals surface area contributed by atoms with E-state index in [2.05, 4.69) is 10.6 Å². The minimum absolute atomic E-state index is 0.0445. The zero-order valence-electron chi connectivity index (χ0n) is 16.8. The third kappa shape index (κ3) is 7.33. The fourth-order valence-electron chi connectivity index (χ4n) is 3.10. The van der Waals surface area contributed by atoms with E-state index >= 15 is 0 Å². The second kappa shape index (κ2) is 11.3. The van der Waals surface area contributed by atoms with Gasteiger partial charge in [0.25, 0.3) is 0 Å². The van der Waals surface area contributed by atoms with Gasteiger partial charge in [-0.1, -0.05) is 20.3 Å². The van der Waals surface area contributed by atoms with E-state index in [4.69, 9.17) is 16.6 Å². The van der Waals surface area contributed by atoms with Crippen molar-refractivity contribution in [1.82, 2.24) is 15.5 Å². The van der Waals surface area contributed by atoms with Crippen molar-refractivity contribution < 1.29 is 29.1 Å². The minimum atomic E-state index is -1.25. The molecular weight excluding hydrogens is 382 g/mol. The normalized spacial score (nSPS) is 19.1. The Kier molecular flexibility index (Phi) is 9.53. The molecule has 1 heterocycles. The SMILES string of the molecule is CCC(C)C(N)C(=O)N1CCCC1C(=O)NC(CCC(N)=O)C(=O)NCC(=O)O. The lowest BCUT2D eigenvalue weighted by Crippen LogP contribution is -2.56. The Morgan fingerprint density at radius 2 is 1.90 bits per heavy atom. The Labute approximate surface area is 169 Å². The number of hydrogen-bond acceptors (Lipinski definition) is 6. The molecule has 4 unspecified atom stereocenters. The summed E-state index contributed by atoms with van der Waals surface area (Å²) >= 11 is 0. The van der Waals surface area contributed by atoms with Crippen molar-refractivity contribution in [2.45, 2.75) is 64.1 Å². The van der Waals surface area contributed by atoms with Crippen molar-refractivity contribution in [2.75, 3.05) is 13.1 Å². The highest BCUT2D eigenvalue weighted by molar-refractivity contribution is 5.94. The molecule has 0 bridgehead atoms. The zero-order valence-corrected chi connectivity index (χ0v) is 16.8. The van der Waals surface area contributed by atoms with Gasteiger partial charge in [0.15, 0.2) is 0 Å². The molecule has 7 N–H and O–H groups in total. The van der Waals surface area contributed by atoms with Crippen LogP contribution in [0.25, 0.3) is 0 Å². The molecule has 0 aliphatic carbocycles. The van der Waals surface area contributed by atoms with Crippen LogP contribution >= 0.6 is 0 Å². The number of carboxylic acids is 1. The lowest BCUT2D eigenvalue weighted by Gasteiger charge is -2.29. The molecular formula is C18H31N5O6. The summed E-state index contributed by atoms with van der Waals surface area (Å²) in [4.78, 5) is 60.8. The number of aliphatic carboxylic acids is 1. The van der Waals surface area contributed by atoms with Gasteiger partial charge in [0, 0.05) is 13.0 Å². The van der Waals surface area contributed by atoms with Gasteiger partial charge in [0.1, 0.15) is 18.6 Å². The first-order valence-corrected chi connectivity index (χ1v) is 9.72. The molecule has 1 aliphatic heterocycles. The summed E-state index contributed by atoms with van der Waals surface area (Å²) < 4.78 is 0. The molecule has 0 saturated carbocycles. The smallest absolute Gasteiger partial charge is 0.322 e. The minimum Gasteiger partial charge on any atom is -0.480 e. The van der Waals surface area contributed by atoms with Crippen LogP contribution in [0.4, 0.5) is 0 Å². The second-order valence-electron chi connectivity index (χ2n) is 7.28. The zero-order chi connectivity index (χ0) is 22.1. The number of nitrogens with two attached hydrogens (primary N) is 2. The molecule has 164 valence electrons. The molecule has 0 aromatic rings. The van der Waals surface area contributed by atoms with Gasteiger partial charge in [0.2, 0.25) is 23.6 Å². The molecule has 29 heavy (non-hydrogen) atoms. The van der Waals surface area contributed by atoms with Crippen molar-refractivity contribution in [3.05, 3.63) is 0 Å². The predicted molar refractivity (Wildman–Crippen MR) is 103 cm³/mol. The van der Waals surface area contributed by atoms with E-state index < -0.39 is 48.4 Å². The van der Waals surface area contributed by atoms with Gasteiger partial charge in [-0.05, 0) is 25.2 Å². The Balaban J connectivity index is 2.84. The maximum Gasteiger partial charge on any atom is 0.322 e. The largest absolute Gasteiger partial charge is 0.480 e. The molecule has 0 aromatic carbocycles. The van der Waals surface area contributed by atoms with E-state index in [1.807, 2.05) is 13.8 Å². The molecule has 11 nitrogen and oxygen atoms in total. The van der Waals surface area contributed by atoms with Crippen LogP contribution in [-0.4, -0.2) is 70.8 Å². The number of likely N-dealkylation sites (tertiary alicyclic amines) is 1. The summed E-state index contributed by atoms with van der Waals surface area (Å²) in [5, 5.41) is 13.4. The number of amides is 4. The first-order valence-electron chi connectivity index (χ1n) is 9.72. The Morgan fingerprint density at radius 3 is 2.45 bits per heavy atom. The number of rotatable bonds is 11. The van der Waals surface area contributed by atoms with Gasteiger partial charge in [-0.25, -0.2) is 0 Å². The average molecular weight is 413 g/mol. The number of carboxylic acid groups (broad SMARTS) is 1. The number of nitrogens with zero attached hydrogens (tertiary/aromatic N) is 1. The number of carbonyl (C=O) groups excluding carboxylic acids is 4. The maximum atomic E-state index is 12.8. The van der Waals surface area contributed by atoms with Crippen molar-refractivity contribution >= 4 is 29.6 Å². The van der Waals surface area contributed by atoms with Crippen LogP contribution in [0.15, 0.2) is 0 Å². The molecule has 1 rings (SSSR count). The summed E-state index contributed by atoms with van der Waals surface area (Å²) in [5.74, 6) is -3.56. The predicted octanol–water partition coefficient (Wildman–Crippen LogP) is -1.70. The quantitative estimate of drug-likeness (QED) is 0.267. The van der Waals surface area contributed by atoms with Crippen molar-refractivity contribution in [1.29, 1.82) is 0 Å². The highest BCUT2D eigenvalue weighted by atomic mass is 16.4. The second-order valence-corrected chi connectivity index (χ2v) is 7.28. The molecule has 1 aliphatic rings. The van der Waals surface area contributed by atoms with Crippen molar-refractivity contribution in [2.24, 2.45) is 17.4 Å². The summed E-state index contributed by atoms with van der Waals surface area (Å²) in [5.41, 5.74) is 11.1. The van der Waals surface area contributed by atoms with E-state index in [0.717, 1.165) is 6.42 Å². The Bertz CT molecular complexity index is 640. The van der Waals surface area contributed by atoms with Gasteiger partial charge >= 0.3 is 5.97 Å². The third-order valence-corrected chi connectivity index (χ3v) is 5.11. The number of primary amides is 1. The summed E-state index contributed by atoms with van der Waals surface area (Å²) in [6.45, 7) is 3.54. The summed E-state index contributed by atoms with van der Waals surface area (Å²) in [6.07, 6.45) is 1.51. The number of carbonyl (C=O) groups is 5. The van der Waals surface area contributed by atoms with Crippen LogP contribution in [-0.2, 0) is 24.0 Å². The van der Waals surface area contributed by atoms with Gasteiger partial charge in [0.05, 0.1) is 6.04 Å². The van der Waals surface area contributed by atoms with E-state index in [1.54, 1.807) is 0 Å². The topological polar surface area (TPSA) is 185 Å². The van der Waals surface area contributed by atoms with Gasteiger partial charge < -0.3 is 32.1 Å². The van der Waals surface area contributed by atoms with Gasteiger partial charge in [-0.15, -0.1) is 0 Å². The monoisotopic (exact) mass is 413 g/mol. The molecule has 4 atom stereocenters. The molecule has 1 fully saturated rings. The van der Waals surface area contributed by atoms with Crippen LogP contribution < -0.4 is 22.1 Å². The first kappa shape index (κ1) is 24.3. The fourth-order valence-corrected chi connectivity index (χ4v) is 3.10. The third-order valence-electron chi connectivity index (χ3n) is 5.11. The first-order chi connectivity index (χ1) is 13.6. The standard InChI is InChI=1S/C18H31N5O6/c1-3-10(2)15(20)18(29)23-8-4-5-12(23)17(28)22-11(6-7-13(19)24)16(27)21-9-14(25)26/h10-12,15H,3-9,20H2,1-2H3,(H2,19,24)(H,21,27)(H,22,28)(H,25,26). The summed E-state index contributed by atoms with van der Waals surface area (Å²) in [6, 6.07) is -2.64. The summed E-state index contributed by atoms with van der Waals surface area (Å²) in [7, 11) is 0. The Morgan fingerprint density at radius 1 is 1.24 bits per heavy atom. The van der Waals surface area contributed by atoms with E-state index in [1.165, 1.54) is 4.90 Å². The van der Waals surface area contributed by atoms with Gasteiger partial charge in [-0.2, -0.15) is 0 Å². The van der Waals surface area contributed by atoms with Crippen LogP contribution in [0.3, 0.4) is 0 Å². The van der Waals surface area contributed by atoms with Crippen molar-refractivity contribution in [3.63, 3.8) is 0 Å². The molecule has 11 heteroatoms. The van der Waals surface area contributed by atoms with E-state index in [0.29, 0.717) is 19.4 Å². The Hall–Kier alpha value is -2.69. The van der Waals surface area contributed by atoms with Crippen LogP contribution in [0, 0.1) is 5.92 Å². The maximum absolute atomic E-state index is 12.8. The molecule has 4 amide bonds. The average Bonchev–Trinajstić information content (AvgIpc) is 3.16. The van der Waals surface area contributed by atoms with Crippen LogP contribution in [0.2, 0.25) is 0 Å². The number of nitrogens with one attached hydrogen (secondary N) is 2. The fraction of sp³-hybridized carbons (Fsp3) is 0.722.